The lowest BCUT2D eigenvalue weighted by atomic mass is 10.1. The van der Waals surface area contributed by atoms with Crippen LogP contribution in [0.5, 0.6) is 0 Å². The summed E-state index contributed by atoms with van der Waals surface area (Å²) in [4.78, 5) is 36.7. The molecule has 2 amide bonds. The Morgan fingerprint density at radius 3 is 2.15 bits per heavy atom. The Labute approximate surface area is 199 Å². The quantitative estimate of drug-likeness (QED) is 0.579. The number of benzene rings is 2. The molecule has 0 aromatic heterocycles. The maximum absolute atomic E-state index is 13.2. The number of rotatable bonds is 7. The summed E-state index contributed by atoms with van der Waals surface area (Å²) in [5.74, 6) is -1.51. The topological polar surface area (TPSA) is 122 Å². The van der Waals surface area contributed by atoms with Crippen molar-refractivity contribution in [2.45, 2.75) is 57.1 Å². The Kier molecular flexibility index (Phi) is 8.06. The van der Waals surface area contributed by atoms with Crippen molar-refractivity contribution in [3.05, 3.63) is 54.1 Å². The Morgan fingerprint density at radius 2 is 1.56 bits per heavy atom. The molecule has 0 spiro atoms. The molecule has 9 nitrogen and oxygen atoms in total. The van der Waals surface area contributed by atoms with Crippen LogP contribution in [-0.4, -0.2) is 49.2 Å². The van der Waals surface area contributed by atoms with Crippen molar-refractivity contribution >= 4 is 39.2 Å². The van der Waals surface area contributed by atoms with Crippen LogP contribution < -0.4 is 10.6 Å². The molecule has 2 unspecified atom stereocenters. The molecule has 0 saturated carbocycles. The minimum atomic E-state index is -3.89. The van der Waals surface area contributed by atoms with E-state index in [4.69, 9.17) is 4.74 Å². The summed E-state index contributed by atoms with van der Waals surface area (Å²) in [7, 11) is -3.89. The molecule has 34 heavy (non-hydrogen) atoms. The molecular weight excluding hydrogens is 458 g/mol. The van der Waals surface area contributed by atoms with Gasteiger partial charge < -0.3 is 15.4 Å². The van der Waals surface area contributed by atoms with E-state index < -0.39 is 34.0 Å². The normalized spacial score (nSPS) is 17.4. The van der Waals surface area contributed by atoms with Crippen LogP contribution >= 0.6 is 0 Å². The monoisotopic (exact) mass is 487 g/mol. The van der Waals surface area contributed by atoms with Crippen LogP contribution in [0.2, 0.25) is 0 Å². The number of hydrogen-bond donors (Lipinski definition) is 2. The van der Waals surface area contributed by atoms with Crippen molar-refractivity contribution in [2.24, 2.45) is 0 Å². The van der Waals surface area contributed by atoms with E-state index in [1.54, 1.807) is 36.4 Å². The number of carbonyl (C=O) groups excluding carboxylic acids is 3. The maximum atomic E-state index is 13.2. The molecule has 2 atom stereocenters. The second-order valence-corrected chi connectivity index (χ2v) is 10.2. The third kappa shape index (κ3) is 6.21. The SMILES string of the molecule is CC(=O)Nc1ccc(NC(=O)C(C)OC(=O)C2CCCCN2S(=O)(=O)c2ccc(C)cc2)cc1. The summed E-state index contributed by atoms with van der Waals surface area (Å²) in [5, 5.41) is 5.27. The first-order chi connectivity index (χ1) is 16.1. The molecule has 2 aromatic carbocycles. The number of esters is 1. The van der Waals surface area contributed by atoms with E-state index in [0.717, 1.165) is 5.56 Å². The second-order valence-electron chi connectivity index (χ2n) is 8.27. The molecule has 182 valence electrons. The summed E-state index contributed by atoms with van der Waals surface area (Å²) >= 11 is 0. The van der Waals surface area contributed by atoms with Gasteiger partial charge in [0.15, 0.2) is 6.10 Å². The van der Waals surface area contributed by atoms with Crippen molar-refractivity contribution in [3.8, 4) is 0 Å². The molecule has 1 aliphatic rings. The highest BCUT2D eigenvalue weighted by molar-refractivity contribution is 7.89. The third-order valence-electron chi connectivity index (χ3n) is 5.49. The van der Waals surface area contributed by atoms with Crippen molar-refractivity contribution in [1.82, 2.24) is 4.31 Å². The van der Waals surface area contributed by atoms with Gasteiger partial charge in [-0.05, 0) is 69.5 Å². The van der Waals surface area contributed by atoms with Gasteiger partial charge in [0.2, 0.25) is 15.9 Å². The fourth-order valence-electron chi connectivity index (χ4n) is 3.66. The highest BCUT2D eigenvalue weighted by Crippen LogP contribution is 2.27. The number of carbonyl (C=O) groups is 3. The van der Waals surface area contributed by atoms with Crippen molar-refractivity contribution in [3.63, 3.8) is 0 Å². The molecule has 1 heterocycles. The summed E-state index contributed by atoms with van der Waals surface area (Å²) < 4.78 is 32.9. The van der Waals surface area contributed by atoms with Crippen molar-refractivity contribution in [2.75, 3.05) is 17.2 Å². The minimum absolute atomic E-state index is 0.117. The average Bonchev–Trinajstić information content (AvgIpc) is 2.80. The maximum Gasteiger partial charge on any atom is 0.325 e. The zero-order valence-corrected chi connectivity index (χ0v) is 20.2. The van der Waals surface area contributed by atoms with E-state index in [-0.39, 0.29) is 17.3 Å². The average molecular weight is 488 g/mol. The van der Waals surface area contributed by atoms with E-state index in [2.05, 4.69) is 10.6 Å². The molecule has 2 aromatic rings. The Bertz CT molecular complexity index is 1150. The molecule has 1 fully saturated rings. The summed E-state index contributed by atoms with van der Waals surface area (Å²) in [5.41, 5.74) is 1.97. The zero-order valence-electron chi connectivity index (χ0n) is 19.4. The fourth-order valence-corrected chi connectivity index (χ4v) is 5.31. The number of anilines is 2. The standard InChI is InChI=1S/C24H29N3O6S/c1-16-7-13-21(14-8-16)34(31,32)27-15-5-4-6-22(27)24(30)33-17(2)23(29)26-20-11-9-19(10-12-20)25-18(3)28/h7-14,17,22H,4-6,15H2,1-3H3,(H,25,28)(H,26,29). The van der Waals surface area contributed by atoms with Gasteiger partial charge in [0, 0.05) is 24.8 Å². The van der Waals surface area contributed by atoms with Gasteiger partial charge in [0.25, 0.3) is 5.91 Å². The van der Waals surface area contributed by atoms with Gasteiger partial charge in [-0.3, -0.25) is 14.4 Å². The number of ether oxygens (including phenoxy) is 1. The molecule has 1 saturated heterocycles. The van der Waals surface area contributed by atoms with Gasteiger partial charge in [-0.1, -0.05) is 17.7 Å². The molecule has 3 rings (SSSR count). The first-order valence-corrected chi connectivity index (χ1v) is 12.5. The van der Waals surface area contributed by atoms with E-state index in [1.165, 1.54) is 30.3 Å². The fraction of sp³-hybridized carbons (Fsp3) is 0.375. The molecular formula is C24H29N3O6S. The summed E-state index contributed by atoms with van der Waals surface area (Å²) in [6, 6.07) is 11.9. The van der Waals surface area contributed by atoms with Gasteiger partial charge >= 0.3 is 5.97 Å². The Hall–Kier alpha value is -3.24. The molecule has 2 N–H and O–H groups in total. The van der Waals surface area contributed by atoms with E-state index in [9.17, 15) is 22.8 Å². The molecule has 1 aliphatic heterocycles. The van der Waals surface area contributed by atoms with Crippen LogP contribution in [0.3, 0.4) is 0 Å². The smallest absolute Gasteiger partial charge is 0.325 e. The van der Waals surface area contributed by atoms with Gasteiger partial charge in [-0.25, -0.2) is 8.42 Å². The number of nitrogens with one attached hydrogen (secondary N) is 2. The van der Waals surface area contributed by atoms with Crippen LogP contribution in [0, 0.1) is 6.92 Å². The number of sulfonamides is 1. The van der Waals surface area contributed by atoms with Crippen LogP contribution in [0.15, 0.2) is 53.4 Å². The first kappa shape index (κ1) is 25.4. The van der Waals surface area contributed by atoms with Crippen molar-refractivity contribution in [1.29, 1.82) is 0 Å². The zero-order chi connectivity index (χ0) is 24.9. The third-order valence-corrected chi connectivity index (χ3v) is 7.41. The minimum Gasteiger partial charge on any atom is -0.451 e. The first-order valence-electron chi connectivity index (χ1n) is 11.1. The largest absolute Gasteiger partial charge is 0.451 e. The summed E-state index contributed by atoms with van der Waals surface area (Å²) in [6.45, 7) is 4.89. The number of piperidine rings is 1. The van der Waals surface area contributed by atoms with Gasteiger partial charge in [0.05, 0.1) is 4.90 Å². The van der Waals surface area contributed by atoms with Gasteiger partial charge in [0.1, 0.15) is 6.04 Å². The molecule has 10 heteroatoms. The number of nitrogens with zero attached hydrogens (tertiary/aromatic N) is 1. The van der Waals surface area contributed by atoms with Gasteiger partial charge in [-0.2, -0.15) is 4.31 Å². The van der Waals surface area contributed by atoms with E-state index in [1.807, 2.05) is 6.92 Å². The Balaban J connectivity index is 1.65. The number of amides is 2. The molecule has 0 aliphatic carbocycles. The highest BCUT2D eigenvalue weighted by atomic mass is 32.2. The molecule has 0 radical (unpaired) electrons. The van der Waals surface area contributed by atoms with Gasteiger partial charge in [-0.15, -0.1) is 0 Å². The number of aryl methyl sites for hydroxylation is 1. The van der Waals surface area contributed by atoms with Crippen molar-refractivity contribution < 1.29 is 27.5 Å². The van der Waals surface area contributed by atoms with E-state index in [0.29, 0.717) is 30.6 Å². The van der Waals surface area contributed by atoms with Crippen LogP contribution in [0.25, 0.3) is 0 Å². The van der Waals surface area contributed by atoms with E-state index >= 15 is 0 Å². The predicted octanol–water partition coefficient (Wildman–Crippen LogP) is 3.07. The lowest BCUT2D eigenvalue weighted by molar-refractivity contribution is -0.157. The predicted molar refractivity (Wildman–Crippen MR) is 128 cm³/mol. The van der Waals surface area contributed by atoms with Crippen LogP contribution in [0.1, 0.15) is 38.7 Å². The lowest BCUT2D eigenvalue weighted by Gasteiger charge is -2.33. The summed E-state index contributed by atoms with van der Waals surface area (Å²) in [6.07, 6.45) is 0.511. The lowest BCUT2D eigenvalue weighted by Crippen LogP contribution is -2.49. The highest BCUT2D eigenvalue weighted by Gasteiger charge is 2.39. The Morgan fingerprint density at radius 1 is 0.971 bits per heavy atom. The van der Waals surface area contributed by atoms with Crippen LogP contribution in [0.4, 0.5) is 11.4 Å². The number of hydrogen-bond acceptors (Lipinski definition) is 6. The second kappa shape index (κ2) is 10.8. The molecule has 0 bridgehead atoms. The van der Waals surface area contributed by atoms with Crippen LogP contribution in [-0.2, 0) is 29.1 Å².